The summed E-state index contributed by atoms with van der Waals surface area (Å²) in [6, 6.07) is 6.74. The number of amides is 2. The van der Waals surface area contributed by atoms with Crippen LogP contribution in [0.15, 0.2) is 24.3 Å². The van der Waals surface area contributed by atoms with Gasteiger partial charge in [-0.1, -0.05) is 44.7 Å². The van der Waals surface area contributed by atoms with E-state index in [-0.39, 0.29) is 11.8 Å². The molecule has 0 radical (unpaired) electrons. The van der Waals surface area contributed by atoms with Gasteiger partial charge in [0.1, 0.15) is 12.5 Å². The van der Waals surface area contributed by atoms with Gasteiger partial charge >= 0.3 is 6.03 Å². The summed E-state index contributed by atoms with van der Waals surface area (Å²) in [4.78, 5) is 21.7. The van der Waals surface area contributed by atoms with Gasteiger partial charge < -0.3 is 15.2 Å². The lowest BCUT2D eigenvalue weighted by Gasteiger charge is -2.29. The molecule has 0 aromatic heterocycles. The van der Waals surface area contributed by atoms with Gasteiger partial charge in [-0.05, 0) is 36.8 Å². The van der Waals surface area contributed by atoms with Crippen LogP contribution in [0.25, 0.3) is 0 Å². The maximum atomic E-state index is 12.2. The smallest absolute Gasteiger partial charge is 0.321 e. The third-order valence-electron chi connectivity index (χ3n) is 4.75. The number of anilines is 1. The summed E-state index contributed by atoms with van der Waals surface area (Å²) in [5.74, 6) is 1.61. The quantitative estimate of drug-likeness (QED) is 0.856. The first-order valence-electron chi connectivity index (χ1n) is 8.70. The number of hydrogen-bond acceptors (Lipinski definition) is 3. The SMILES string of the molecule is C=O.CCCC1CCC(CNC(=O)N(C)c2ccccc2O)CC1. The normalized spacial score (nSPS) is 19.8. The van der Waals surface area contributed by atoms with Crippen molar-refractivity contribution >= 4 is 18.5 Å². The summed E-state index contributed by atoms with van der Waals surface area (Å²) in [5.41, 5.74) is 0.534. The number of aromatic hydroxyl groups is 1. The minimum Gasteiger partial charge on any atom is -0.506 e. The number of carbonyl (C=O) groups excluding carboxylic acids is 2. The first kappa shape index (κ1) is 20.0. The van der Waals surface area contributed by atoms with Gasteiger partial charge in [0.25, 0.3) is 0 Å². The minimum absolute atomic E-state index is 0.125. The highest BCUT2D eigenvalue weighted by Crippen LogP contribution is 2.31. The molecule has 0 atom stereocenters. The largest absolute Gasteiger partial charge is 0.506 e. The van der Waals surface area contributed by atoms with Crippen molar-refractivity contribution < 1.29 is 14.7 Å². The molecule has 0 aliphatic heterocycles. The van der Waals surface area contributed by atoms with Crippen LogP contribution in [-0.2, 0) is 4.79 Å². The molecule has 0 spiro atoms. The maximum Gasteiger partial charge on any atom is 0.321 e. The molecular formula is C19H30N2O3. The Bertz CT molecular complexity index is 499. The molecule has 5 heteroatoms. The van der Waals surface area contributed by atoms with E-state index in [0.29, 0.717) is 11.6 Å². The number of nitrogens with one attached hydrogen (secondary N) is 1. The molecule has 2 N–H and O–H groups in total. The Balaban J connectivity index is 0.00000139. The van der Waals surface area contributed by atoms with E-state index in [9.17, 15) is 9.90 Å². The molecule has 0 heterocycles. The number of hydrogen-bond donors (Lipinski definition) is 2. The molecule has 2 rings (SSSR count). The molecule has 0 unspecified atom stereocenters. The van der Waals surface area contributed by atoms with Gasteiger partial charge in [-0.3, -0.25) is 4.90 Å². The Kier molecular flexibility index (Phi) is 8.90. The molecule has 0 saturated heterocycles. The first-order chi connectivity index (χ1) is 11.6. The Labute approximate surface area is 145 Å². The zero-order valence-electron chi connectivity index (χ0n) is 14.8. The van der Waals surface area contributed by atoms with E-state index >= 15 is 0 Å². The zero-order chi connectivity index (χ0) is 17.9. The topological polar surface area (TPSA) is 69.6 Å². The average molecular weight is 334 g/mol. The van der Waals surface area contributed by atoms with Crippen LogP contribution >= 0.6 is 0 Å². The number of nitrogens with zero attached hydrogens (tertiary/aromatic N) is 1. The van der Waals surface area contributed by atoms with E-state index in [1.54, 1.807) is 25.2 Å². The highest BCUT2D eigenvalue weighted by Gasteiger charge is 2.22. The Morgan fingerprint density at radius 1 is 1.21 bits per heavy atom. The van der Waals surface area contributed by atoms with Gasteiger partial charge in [0.15, 0.2) is 0 Å². The van der Waals surface area contributed by atoms with Crippen LogP contribution < -0.4 is 10.2 Å². The maximum absolute atomic E-state index is 12.2. The van der Waals surface area contributed by atoms with Crippen molar-refractivity contribution in [3.63, 3.8) is 0 Å². The predicted molar refractivity (Wildman–Crippen MR) is 97.4 cm³/mol. The van der Waals surface area contributed by atoms with Crippen LogP contribution in [0.1, 0.15) is 45.4 Å². The Hall–Kier alpha value is -2.04. The van der Waals surface area contributed by atoms with Gasteiger partial charge in [0.2, 0.25) is 0 Å². The fourth-order valence-corrected chi connectivity index (χ4v) is 3.34. The zero-order valence-corrected chi connectivity index (χ0v) is 14.8. The number of para-hydroxylation sites is 2. The molecular weight excluding hydrogens is 304 g/mol. The van der Waals surface area contributed by atoms with E-state index < -0.39 is 0 Å². The van der Waals surface area contributed by atoms with Gasteiger partial charge in [-0.15, -0.1) is 0 Å². The number of phenols is 1. The van der Waals surface area contributed by atoms with E-state index in [4.69, 9.17) is 4.79 Å². The van der Waals surface area contributed by atoms with Crippen LogP contribution in [0.3, 0.4) is 0 Å². The van der Waals surface area contributed by atoms with Crippen LogP contribution in [-0.4, -0.2) is 31.5 Å². The third kappa shape index (κ3) is 5.87. The van der Waals surface area contributed by atoms with Crippen molar-refractivity contribution in [3.05, 3.63) is 24.3 Å². The molecule has 1 saturated carbocycles. The molecule has 1 fully saturated rings. The predicted octanol–water partition coefficient (Wildman–Crippen LogP) is 3.96. The van der Waals surface area contributed by atoms with Gasteiger partial charge in [-0.2, -0.15) is 0 Å². The number of urea groups is 1. The molecule has 1 aliphatic rings. The second kappa shape index (κ2) is 10.7. The summed E-state index contributed by atoms with van der Waals surface area (Å²) in [6.07, 6.45) is 7.64. The van der Waals surface area contributed by atoms with Crippen molar-refractivity contribution in [2.24, 2.45) is 11.8 Å². The minimum atomic E-state index is -0.155. The molecule has 5 nitrogen and oxygen atoms in total. The molecule has 24 heavy (non-hydrogen) atoms. The first-order valence-corrected chi connectivity index (χ1v) is 8.70. The summed E-state index contributed by atoms with van der Waals surface area (Å²) in [7, 11) is 1.68. The number of benzene rings is 1. The number of carbonyl (C=O) groups is 2. The summed E-state index contributed by atoms with van der Waals surface area (Å²) in [5, 5.41) is 12.8. The molecule has 2 amide bonds. The van der Waals surface area contributed by atoms with Crippen molar-refractivity contribution in [2.75, 3.05) is 18.5 Å². The van der Waals surface area contributed by atoms with Crippen molar-refractivity contribution in [1.29, 1.82) is 0 Å². The van der Waals surface area contributed by atoms with Crippen LogP contribution in [0.2, 0.25) is 0 Å². The lowest BCUT2D eigenvalue weighted by Crippen LogP contribution is -2.40. The van der Waals surface area contributed by atoms with Crippen LogP contribution in [0, 0.1) is 11.8 Å². The summed E-state index contributed by atoms with van der Waals surface area (Å²) < 4.78 is 0. The highest BCUT2D eigenvalue weighted by atomic mass is 16.3. The summed E-state index contributed by atoms with van der Waals surface area (Å²) in [6.45, 7) is 4.98. The average Bonchev–Trinajstić information content (AvgIpc) is 2.62. The Morgan fingerprint density at radius 2 is 1.79 bits per heavy atom. The van der Waals surface area contributed by atoms with E-state index in [0.717, 1.165) is 12.5 Å². The second-order valence-corrected chi connectivity index (χ2v) is 6.41. The third-order valence-corrected chi connectivity index (χ3v) is 4.75. The van der Waals surface area contributed by atoms with Crippen molar-refractivity contribution in [1.82, 2.24) is 5.32 Å². The van der Waals surface area contributed by atoms with Gasteiger partial charge in [0.05, 0.1) is 5.69 Å². The molecule has 1 aliphatic carbocycles. The fourth-order valence-electron chi connectivity index (χ4n) is 3.34. The van der Waals surface area contributed by atoms with Crippen molar-refractivity contribution in [2.45, 2.75) is 45.4 Å². The fraction of sp³-hybridized carbons (Fsp3) is 0.579. The lowest BCUT2D eigenvalue weighted by molar-refractivity contribution is -0.0979. The van der Waals surface area contributed by atoms with E-state index in [2.05, 4.69) is 12.2 Å². The van der Waals surface area contributed by atoms with Gasteiger partial charge in [0, 0.05) is 13.6 Å². The van der Waals surface area contributed by atoms with Crippen molar-refractivity contribution in [3.8, 4) is 5.75 Å². The molecule has 0 bridgehead atoms. The standard InChI is InChI=1S/C18H28N2O2.CH2O/c1-3-6-14-9-11-15(12-10-14)13-19-18(22)20(2)16-7-4-5-8-17(16)21;1-2/h4-5,7-8,14-15,21H,3,6,9-13H2,1-2H3,(H,19,22);1H2. The van der Waals surface area contributed by atoms with Crippen LogP contribution in [0.5, 0.6) is 5.75 Å². The van der Waals surface area contributed by atoms with E-state index in [1.165, 1.54) is 43.4 Å². The lowest BCUT2D eigenvalue weighted by atomic mass is 9.80. The Morgan fingerprint density at radius 3 is 2.38 bits per heavy atom. The monoisotopic (exact) mass is 334 g/mol. The van der Waals surface area contributed by atoms with E-state index in [1.807, 2.05) is 12.9 Å². The number of rotatable bonds is 5. The summed E-state index contributed by atoms with van der Waals surface area (Å²) >= 11 is 0. The second-order valence-electron chi connectivity index (χ2n) is 6.41. The molecule has 1 aromatic rings. The number of phenolic OH excluding ortho intramolecular Hbond substituents is 1. The highest BCUT2D eigenvalue weighted by molar-refractivity contribution is 5.92. The molecule has 1 aromatic carbocycles. The molecule has 134 valence electrons. The van der Waals surface area contributed by atoms with Gasteiger partial charge in [-0.25, -0.2) is 4.79 Å². The van der Waals surface area contributed by atoms with Crippen LogP contribution in [0.4, 0.5) is 10.5 Å².